The van der Waals surface area contributed by atoms with Crippen LogP contribution < -0.4 is 5.32 Å². The molecule has 0 radical (unpaired) electrons. The van der Waals surface area contributed by atoms with Crippen molar-refractivity contribution in [3.05, 3.63) is 108 Å². The third kappa shape index (κ3) is 5.22. The zero-order valence-corrected chi connectivity index (χ0v) is 18.1. The van der Waals surface area contributed by atoms with Gasteiger partial charge in [-0.3, -0.25) is 0 Å². The van der Waals surface area contributed by atoms with Gasteiger partial charge in [-0.05, 0) is 22.4 Å². The molecule has 0 aliphatic carbocycles. The summed E-state index contributed by atoms with van der Waals surface area (Å²) in [5.74, 6) is 3.42. The first-order chi connectivity index (χ1) is 13.9. The van der Waals surface area contributed by atoms with E-state index in [0.29, 0.717) is 0 Å². The molecular weight excluding hydrogens is 378 g/mol. The van der Waals surface area contributed by atoms with Crippen molar-refractivity contribution in [3.63, 3.8) is 0 Å². The predicted molar refractivity (Wildman–Crippen MR) is 128 cm³/mol. The molecule has 0 aromatic heterocycles. The molecule has 0 atom stereocenters. The van der Waals surface area contributed by atoms with Gasteiger partial charge in [0.1, 0.15) is 0 Å². The zero-order valence-electron chi connectivity index (χ0n) is 16.5. The van der Waals surface area contributed by atoms with Crippen LogP contribution in [0.25, 0.3) is 0 Å². The minimum atomic E-state index is -0.205. The SMILES string of the molecule is CCSCCNCCSC(c1ccccc1)(c1ccccc1)c1ccccc1. The molecule has 1 nitrogen and oxygen atoms in total. The van der Waals surface area contributed by atoms with Gasteiger partial charge in [0, 0.05) is 24.6 Å². The lowest BCUT2D eigenvalue weighted by Gasteiger charge is -2.35. The summed E-state index contributed by atoms with van der Waals surface area (Å²) in [6, 6.07) is 32.8. The van der Waals surface area contributed by atoms with Gasteiger partial charge in [0.25, 0.3) is 0 Å². The predicted octanol–water partition coefficient (Wildman–Crippen LogP) is 6.05. The molecule has 0 amide bonds. The fraction of sp³-hybridized carbons (Fsp3) is 0.280. The van der Waals surface area contributed by atoms with E-state index >= 15 is 0 Å². The maximum atomic E-state index is 3.61. The lowest BCUT2D eigenvalue weighted by Crippen LogP contribution is -2.28. The van der Waals surface area contributed by atoms with Crippen molar-refractivity contribution < 1.29 is 0 Å². The van der Waals surface area contributed by atoms with Crippen LogP contribution >= 0.6 is 23.5 Å². The number of benzene rings is 3. The Morgan fingerprint density at radius 3 is 1.50 bits per heavy atom. The first kappa shape index (κ1) is 21.0. The Kier molecular flexibility index (Phi) is 8.53. The third-order valence-electron chi connectivity index (χ3n) is 4.77. The normalized spacial score (nSPS) is 11.5. The molecule has 0 spiro atoms. The zero-order chi connectivity index (χ0) is 19.5. The summed E-state index contributed by atoms with van der Waals surface area (Å²) in [6.07, 6.45) is 0. The monoisotopic (exact) mass is 407 g/mol. The Bertz CT molecular complexity index is 694. The van der Waals surface area contributed by atoms with E-state index in [1.165, 1.54) is 28.2 Å². The van der Waals surface area contributed by atoms with E-state index in [2.05, 4.69) is 103 Å². The second-order valence-corrected chi connectivity index (χ2v) is 9.28. The van der Waals surface area contributed by atoms with Crippen molar-refractivity contribution >= 4 is 23.5 Å². The van der Waals surface area contributed by atoms with Gasteiger partial charge in [-0.25, -0.2) is 0 Å². The molecule has 0 unspecified atom stereocenters. The van der Waals surface area contributed by atoms with E-state index in [0.717, 1.165) is 18.8 Å². The summed E-state index contributed by atoms with van der Waals surface area (Å²) >= 11 is 4.02. The van der Waals surface area contributed by atoms with Crippen molar-refractivity contribution in [1.82, 2.24) is 5.32 Å². The van der Waals surface area contributed by atoms with Gasteiger partial charge in [-0.2, -0.15) is 11.8 Å². The van der Waals surface area contributed by atoms with Crippen LogP contribution in [0, 0.1) is 0 Å². The first-order valence-electron chi connectivity index (χ1n) is 9.97. The standard InChI is InChI=1S/C25H29NS2/c1-2-27-20-18-26-19-21-28-25(22-12-6-3-7-13-22,23-14-8-4-9-15-23)24-16-10-5-11-17-24/h3-17,26H,2,18-21H2,1H3. The number of hydrogen-bond donors (Lipinski definition) is 1. The van der Waals surface area contributed by atoms with Crippen molar-refractivity contribution in [3.8, 4) is 0 Å². The Morgan fingerprint density at radius 2 is 1.07 bits per heavy atom. The number of thioether (sulfide) groups is 2. The van der Waals surface area contributed by atoms with Crippen LogP contribution in [0.2, 0.25) is 0 Å². The fourth-order valence-corrected chi connectivity index (χ4v) is 5.50. The summed E-state index contributed by atoms with van der Waals surface area (Å²) in [6.45, 7) is 4.31. The molecule has 1 N–H and O–H groups in total. The van der Waals surface area contributed by atoms with Crippen molar-refractivity contribution in [2.24, 2.45) is 0 Å². The van der Waals surface area contributed by atoms with E-state index < -0.39 is 0 Å². The van der Waals surface area contributed by atoms with Crippen molar-refractivity contribution in [2.45, 2.75) is 11.7 Å². The highest BCUT2D eigenvalue weighted by molar-refractivity contribution is 8.00. The smallest absolute Gasteiger partial charge is 0.0907 e. The number of hydrogen-bond acceptors (Lipinski definition) is 3. The largest absolute Gasteiger partial charge is 0.315 e. The Morgan fingerprint density at radius 1 is 0.643 bits per heavy atom. The molecule has 146 valence electrons. The van der Waals surface area contributed by atoms with E-state index in [1.54, 1.807) is 0 Å². The van der Waals surface area contributed by atoms with Gasteiger partial charge in [-0.15, -0.1) is 11.8 Å². The lowest BCUT2D eigenvalue weighted by molar-refractivity contribution is 0.770. The Hall–Kier alpha value is -1.68. The van der Waals surface area contributed by atoms with Crippen molar-refractivity contribution in [1.29, 1.82) is 0 Å². The topological polar surface area (TPSA) is 12.0 Å². The van der Waals surface area contributed by atoms with Crippen LogP contribution in [-0.2, 0) is 4.75 Å². The summed E-state index contributed by atoms with van der Waals surface area (Å²) in [7, 11) is 0. The van der Waals surface area contributed by atoms with Gasteiger partial charge in [0.15, 0.2) is 0 Å². The summed E-state index contributed by atoms with van der Waals surface area (Å²) < 4.78 is -0.205. The van der Waals surface area contributed by atoms with E-state index in [4.69, 9.17) is 0 Å². The average molecular weight is 408 g/mol. The molecule has 3 aromatic carbocycles. The molecule has 0 saturated carbocycles. The maximum absolute atomic E-state index is 3.61. The van der Waals surface area contributed by atoms with Gasteiger partial charge >= 0.3 is 0 Å². The molecule has 28 heavy (non-hydrogen) atoms. The minimum absolute atomic E-state index is 0.205. The van der Waals surface area contributed by atoms with Crippen LogP contribution in [0.15, 0.2) is 91.0 Å². The van der Waals surface area contributed by atoms with E-state index in [9.17, 15) is 0 Å². The first-order valence-corrected chi connectivity index (χ1v) is 12.1. The molecule has 0 heterocycles. The molecule has 3 aromatic rings. The van der Waals surface area contributed by atoms with Crippen LogP contribution in [0.3, 0.4) is 0 Å². The highest BCUT2D eigenvalue weighted by Crippen LogP contribution is 2.48. The fourth-order valence-electron chi connectivity index (χ4n) is 3.46. The van der Waals surface area contributed by atoms with Gasteiger partial charge in [0.05, 0.1) is 4.75 Å². The highest BCUT2D eigenvalue weighted by Gasteiger charge is 2.36. The average Bonchev–Trinajstić information content (AvgIpc) is 2.78. The second-order valence-electron chi connectivity index (χ2n) is 6.57. The number of nitrogens with one attached hydrogen (secondary N) is 1. The molecule has 3 rings (SSSR count). The quantitative estimate of drug-likeness (QED) is 0.307. The molecule has 0 saturated heterocycles. The highest BCUT2D eigenvalue weighted by atomic mass is 32.2. The molecule has 0 fully saturated rings. The van der Waals surface area contributed by atoms with Gasteiger partial charge in [-0.1, -0.05) is 97.9 Å². The lowest BCUT2D eigenvalue weighted by atomic mass is 9.84. The van der Waals surface area contributed by atoms with Crippen LogP contribution in [0.4, 0.5) is 0 Å². The maximum Gasteiger partial charge on any atom is 0.0907 e. The van der Waals surface area contributed by atoms with Crippen LogP contribution in [0.1, 0.15) is 23.6 Å². The van der Waals surface area contributed by atoms with E-state index in [-0.39, 0.29) is 4.75 Å². The van der Waals surface area contributed by atoms with Crippen LogP contribution in [0.5, 0.6) is 0 Å². The molecule has 0 aliphatic heterocycles. The Balaban J connectivity index is 1.91. The molecule has 0 bridgehead atoms. The van der Waals surface area contributed by atoms with E-state index in [1.807, 2.05) is 23.5 Å². The summed E-state index contributed by atoms with van der Waals surface area (Å²) in [4.78, 5) is 0. The third-order valence-corrected chi connectivity index (χ3v) is 7.22. The van der Waals surface area contributed by atoms with Gasteiger partial charge < -0.3 is 5.32 Å². The van der Waals surface area contributed by atoms with Crippen LogP contribution in [-0.4, -0.2) is 30.3 Å². The Labute approximate surface area is 178 Å². The van der Waals surface area contributed by atoms with Crippen molar-refractivity contribution in [2.75, 3.05) is 30.3 Å². The number of rotatable bonds is 11. The second kappa shape index (κ2) is 11.4. The molecular formula is C25H29NS2. The minimum Gasteiger partial charge on any atom is -0.315 e. The summed E-state index contributed by atoms with van der Waals surface area (Å²) in [5.41, 5.74) is 4.00. The molecule has 0 aliphatic rings. The molecule has 3 heteroatoms. The van der Waals surface area contributed by atoms with Gasteiger partial charge in [0.2, 0.25) is 0 Å². The summed E-state index contributed by atoms with van der Waals surface area (Å²) in [5, 5.41) is 3.61.